The highest BCUT2D eigenvalue weighted by Gasteiger charge is 2.36. The Balaban J connectivity index is 2.05. The van der Waals surface area contributed by atoms with Gasteiger partial charge in [-0.05, 0) is 31.5 Å². The second-order valence-corrected chi connectivity index (χ2v) is 6.28. The number of carboxylic acids is 1. The molecule has 0 radical (unpaired) electrons. The van der Waals surface area contributed by atoms with Crippen molar-refractivity contribution in [2.45, 2.75) is 32.5 Å². The lowest BCUT2D eigenvalue weighted by Crippen LogP contribution is -2.47. The van der Waals surface area contributed by atoms with Crippen LogP contribution in [0, 0.1) is 0 Å². The van der Waals surface area contributed by atoms with E-state index in [0.29, 0.717) is 11.3 Å². The lowest BCUT2D eigenvalue weighted by atomic mass is 10.0. The number of nitrogens with one attached hydrogen (secondary N) is 1. The molecule has 0 unspecified atom stereocenters. The number of anilines is 1. The third-order valence-electron chi connectivity index (χ3n) is 4.59. The summed E-state index contributed by atoms with van der Waals surface area (Å²) in [5.41, 5.74) is 2.12. The van der Waals surface area contributed by atoms with Crippen LogP contribution in [0.3, 0.4) is 0 Å². The Morgan fingerprint density at radius 2 is 1.92 bits per heavy atom. The highest BCUT2D eigenvalue weighted by molar-refractivity contribution is 6.02. The number of ether oxygens (including phenoxy) is 1. The number of rotatable bonds is 6. The first-order valence-electron chi connectivity index (χ1n) is 8.64. The zero-order valence-corrected chi connectivity index (χ0v) is 14.8. The van der Waals surface area contributed by atoms with E-state index in [1.54, 1.807) is 17.0 Å². The van der Waals surface area contributed by atoms with Crippen molar-refractivity contribution in [1.29, 1.82) is 0 Å². The van der Waals surface area contributed by atoms with Crippen molar-refractivity contribution in [2.75, 3.05) is 11.9 Å². The fourth-order valence-corrected chi connectivity index (χ4v) is 3.12. The van der Waals surface area contributed by atoms with Crippen molar-refractivity contribution < 1.29 is 19.4 Å². The first kappa shape index (κ1) is 17.8. The second kappa shape index (κ2) is 7.47. The van der Waals surface area contributed by atoms with Gasteiger partial charge in [-0.25, -0.2) is 4.79 Å². The minimum Gasteiger partial charge on any atom is -0.481 e. The molecule has 0 aromatic heterocycles. The van der Waals surface area contributed by atoms with Gasteiger partial charge in [0, 0.05) is 17.3 Å². The smallest absolute Gasteiger partial charge is 0.341 e. The average molecular weight is 354 g/mol. The predicted molar refractivity (Wildman–Crippen MR) is 98.3 cm³/mol. The number of carboxylic acid groups (broad SMARTS) is 1. The van der Waals surface area contributed by atoms with E-state index in [4.69, 9.17) is 9.84 Å². The lowest BCUT2D eigenvalue weighted by Gasteiger charge is -2.41. The van der Waals surface area contributed by atoms with Gasteiger partial charge in [0.15, 0.2) is 6.61 Å². The van der Waals surface area contributed by atoms with Crippen molar-refractivity contribution in [3.8, 4) is 5.75 Å². The van der Waals surface area contributed by atoms with Gasteiger partial charge in [0.25, 0.3) is 5.91 Å². The summed E-state index contributed by atoms with van der Waals surface area (Å²) in [6.45, 7) is 3.60. The molecule has 0 saturated heterocycles. The van der Waals surface area contributed by atoms with Crippen molar-refractivity contribution in [2.24, 2.45) is 0 Å². The van der Waals surface area contributed by atoms with Gasteiger partial charge in [0.05, 0.1) is 5.56 Å². The molecule has 3 rings (SSSR count). The monoisotopic (exact) mass is 354 g/mol. The first-order chi connectivity index (χ1) is 12.5. The summed E-state index contributed by atoms with van der Waals surface area (Å²) in [6.07, 6.45) is 0.363. The van der Waals surface area contributed by atoms with E-state index < -0.39 is 18.7 Å². The first-order valence-corrected chi connectivity index (χ1v) is 8.64. The summed E-state index contributed by atoms with van der Waals surface area (Å²) in [7, 11) is 0. The molecule has 0 fully saturated rings. The van der Waals surface area contributed by atoms with Crippen LogP contribution in [0.2, 0.25) is 0 Å². The molecule has 6 heteroatoms. The summed E-state index contributed by atoms with van der Waals surface area (Å²) in [5, 5.41) is 12.3. The summed E-state index contributed by atoms with van der Waals surface area (Å²) in [4.78, 5) is 25.8. The van der Waals surface area contributed by atoms with Crippen molar-refractivity contribution >= 4 is 17.6 Å². The molecular formula is C20H22N2O4. The van der Waals surface area contributed by atoms with Crippen LogP contribution in [-0.4, -0.2) is 34.5 Å². The van der Waals surface area contributed by atoms with Crippen LogP contribution >= 0.6 is 0 Å². The summed E-state index contributed by atoms with van der Waals surface area (Å²) >= 11 is 0. The molecule has 2 atom stereocenters. The molecule has 136 valence electrons. The van der Waals surface area contributed by atoms with E-state index >= 15 is 0 Å². The number of aliphatic carboxylic acids is 1. The highest BCUT2D eigenvalue weighted by atomic mass is 16.5. The van der Waals surface area contributed by atoms with E-state index in [1.807, 2.05) is 50.2 Å². The molecule has 0 bridgehead atoms. The molecule has 6 nitrogen and oxygen atoms in total. The maximum Gasteiger partial charge on any atom is 0.341 e. The Morgan fingerprint density at radius 3 is 2.65 bits per heavy atom. The molecule has 0 aliphatic carbocycles. The summed E-state index contributed by atoms with van der Waals surface area (Å²) < 4.78 is 5.46. The van der Waals surface area contributed by atoms with Crippen molar-refractivity contribution in [1.82, 2.24) is 4.90 Å². The van der Waals surface area contributed by atoms with Gasteiger partial charge in [-0.2, -0.15) is 0 Å². The standard InChI is InChI=1S/C20H22N2O4/c1-3-13(2)22-19(21-16-10-6-4-8-14(16)20(22)25)15-9-5-7-11-17(15)26-12-18(23)24/h4-11,13,19,21H,3,12H2,1-2H3,(H,23,24)/t13-,19+/m0/s1. The maximum atomic E-state index is 13.1. The molecule has 26 heavy (non-hydrogen) atoms. The number of hydrogen-bond acceptors (Lipinski definition) is 4. The normalized spacial score (nSPS) is 17.2. The fourth-order valence-electron chi connectivity index (χ4n) is 3.12. The van der Waals surface area contributed by atoms with Crippen molar-refractivity contribution in [3.05, 3.63) is 59.7 Å². The molecule has 1 aliphatic rings. The van der Waals surface area contributed by atoms with Crippen molar-refractivity contribution in [3.63, 3.8) is 0 Å². The van der Waals surface area contributed by atoms with Gasteiger partial charge in [0.2, 0.25) is 0 Å². The Morgan fingerprint density at radius 1 is 1.23 bits per heavy atom. The molecule has 2 aromatic carbocycles. The summed E-state index contributed by atoms with van der Waals surface area (Å²) in [5.74, 6) is -0.642. The minimum atomic E-state index is -1.04. The number of hydrogen-bond donors (Lipinski definition) is 2. The average Bonchev–Trinajstić information content (AvgIpc) is 2.66. The molecule has 0 saturated carbocycles. The number of carbonyl (C=O) groups is 2. The third-order valence-corrected chi connectivity index (χ3v) is 4.59. The SMILES string of the molecule is CC[C@H](C)N1C(=O)c2ccccc2N[C@H]1c1ccccc1OCC(=O)O. The molecule has 0 spiro atoms. The molecule has 1 amide bonds. The van der Waals surface area contributed by atoms with Crippen LogP contribution in [0.1, 0.15) is 42.4 Å². The molecule has 2 aromatic rings. The zero-order valence-electron chi connectivity index (χ0n) is 14.8. The maximum absolute atomic E-state index is 13.1. The van der Waals surface area contributed by atoms with E-state index in [9.17, 15) is 9.59 Å². The predicted octanol–water partition coefficient (Wildman–Crippen LogP) is 3.52. The second-order valence-electron chi connectivity index (χ2n) is 6.28. The van der Waals surface area contributed by atoms with Crippen LogP contribution in [0.4, 0.5) is 5.69 Å². The largest absolute Gasteiger partial charge is 0.481 e. The minimum absolute atomic E-state index is 0.000820. The Labute approximate surface area is 152 Å². The van der Waals surface area contributed by atoms with Gasteiger partial charge < -0.3 is 20.1 Å². The van der Waals surface area contributed by atoms with Gasteiger partial charge in [-0.3, -0.25) is 4.79 Å². The Bertz CT molecular complexity index is 821. The Hall–Kier alpha value is -3.02. The molecule has 1 aliphatic heterocycles. The zero-order chi connectivity index (χ0) is 18.7. The fraction of sp³-hybridized carbons (Fsp3) is 0.300. The van der Waals surface area contributed by atoms with E-state index in [2.05, 4.69) is 5.32 Å². The van der Waals surface area contributed by atoms with Crippen LogP contribution in [0.5, 0.6) is 5.75 Å². The quantitative estimate of drug-likeness (QED) is 0.830. The number of carbonyl (C=O) groups excluding carboxylic acids is 1. The van der Waals surface area contributed by atoms with Crippen LogP contribution in [0.25, 0.3) is 0 Å². The van der Waals surface area contributed by atoms with Gasteiger partial charge in [-0.1, -0.05) is 37.3 Å². The highest BCUT2D eigenvalue weighted by Crippen LogP contribution is 2.38. The van der Waals surface area contributed by atoms with Gasteiger partial charge in [-0.15, -0.1) is 0 Å². The van der Waals surface area contributed by atoms with Gasteiger partial charge in [0.1, 0.15) is 11.9 Å². The van der Waals surface area contributed by atoms with E-state index in [1.165, 1.54) is 0 Å². The molecule has 1 heterocycles. The number of amides is 1. The van der Waals surface area contributed by atoms with Crippen LogP contribution in [0.15, 0.2) is 48.5 Å². The number of benzene rings is 2. The lowest BCUT2D eigenvalue weighted by molar-refractivity contribution is -0.139. The van der Waals surface area contributed by atoms with Crippen LogP contribution in [-0.2, 0) is 4.79 Å². The van der Waals surface area contributed by atoms with E-state index in [0.717, 1.165) is 17.7 Å². The van der Waals surface area contributed by atoms with E-state index in [-0.39, 0.29) is 11.9 Å². The Kier molecular flexibility index (Phi) is 5.11. The van der Waals surface area contributed by atoms with Crippen LogP contribution < -0.4 is 10.1 Å². The summed E-state index contributed by atoms with van der Waals surface area (Å²) in [6, 6.07) is 14.6. The third kappa shape index (κ3) is 3.35. The topological polar surface area (TPSA) is 78.9 Å². The van der Waals surface area contributed by atoms with Gasteiger partial charge >= 0.3 is 5.97 Å². The number of para-hydroxylation sites is 2. The molecular weight excluding hydrogens is 332 g/mol. The number of fused-ring (bicyclic) bond motifs is 1. The number of nitrogens with zero attached hydrogens (tertiary/aromatic N) is 1. The molecule has 2 N–H and O–H groups in total.